The molecule has 0 bridgehead atoms. The number of aryl methyl sites for hydroxylation is 2. The zero-order chi connectivity index (χ0) is 12.1. The summed E-state index contributed by atoms with van der Waals surface area (Å²) in [5.74, 6) is 0.860. The second-order valence-electron chi connectivity index (χ2n) is 4.06. The monoisotopic (exact) mass is 263 g/mol. The number of thiol groups is 1. The van der Waals surface area contributed by atoms with E-state index in [1.807, 2.05) is 0 Å². The third-order valence-electron chi connectivity index (χ3n) is 2.66. The number of thiazole rings is 1. The molecule has 1 nitrogen and oxygen atoms in total. The van der Waals surface area contributed by atoms with Gasteiger partial charge in [-0.15, -0.1) is 11.3 Å². The molecule has 0 amide bonds. The standard InChI is InChI=1S/C14H17NS2/c1-2-3-11-4-6-12(7-5-11)14-15-13(8-9-16)10-17-14/h4-7,10,16H,2-3,8-9H2,1H3. The van der Waals surface area contributed by atoms with Crippen LogP contribution in [0.3, 0.4) is 0 Å². The Kier molecular flexibility index (Phi) is 4.63. The average molecular weight is 263 g/mol. The van der Waals surface area contributed by atoms with E-state index in [4.69, 9.17) is 0 Å². The van der Waals surface area contributed by atoms with Crippen molar-refractivity contribution < 1.29 is 0 Å². The van der Waals surface area contributed by atoms with Crippen molar-refractivity contribution in [2.45, 2.75) is 26.2 Å². The first-order chi connectivity index (χ1) is 8.33. The van der Waals surface area contributed by atoms with Gasteiger partial charge in [-0.2, -0.15) is 12.6 Å². The maximum Gasteiger partial charge on any atom is 0.123 e. The number of hydrogen-bond acceptors (Lipinski definition) is 3. The Morgan fingerprint density at radius 2 is 1.94 bits per heavy atom. The van der Waals surface area contributed by atoms with Gasteiger partial charge in [0, 0.05) is 10.9 Å². The highest BCUT2D eigenvalue weighted by Crippen LogP contribution is 2.24. The summed E-state index contributed by atoms with van der Waals surface area (Å²) in [6.45, 7) is 2.21. The molecule has 0 N–H and O–H groups in total. The normalized spacial score (nSPS) is 10.7. The van der Waals surface area contributed by atoms with Crippen LogP contribution in [0.5, 0.6) is 0 Å². The van der Waals surface area contributed by atoms with Crippen LogP contribution in [0.1, 0.15) is 24.6 Å². The first-order valence-electron chi connectivity index (χ1n) is 5.98. The summed E-state index contributed by atoms with van der Waals surface area (Å²) in [6.07, 6.45) is 3.30. The van der Waals surface area contributed by atoms with E-state index >= 15 is 0 Å². The molecule has 0 fully saturated rings. The Morgan fingerprint density at radius 1 is 1.18 bits per heavy atom. The molecule has 0 unspecified atom stereocenters. The van der Waals surface area contributed by atoms with E-state index in [-0.39, 0.29) is 0 Å². The highest BCUT2D eigenvalue weighted by atomic mass is 32.1. The fourth-order valence-corrected chi connectivity index (χ4v) is 2.86. The lowest BCUT2D eigenvalue weighted by Crippen LogP contribution is -1.86. The largest absolute Gasteiger partial charge is 0.241 e. The molecule has 0 saturated carbocycles. The minimum Gasteiger partial charge on any atom is -0.241 e. The number of aromatic nitrogens is 1. The topological polar surface area (TPSA) is 12.9 Å². The number of benzene rings is 1. The molecular formula is C14H17NS2. The lowest BCUT2D eigenvalue weighted by Gasteiger charge is -2.00. The van der Waals surface area contributed by atoms with Crippen LogP contribution in [0.25, 0.3) is 10.6 Å². The van der Waals surface area contributed by atoms with Crippen molar-refractivity contribution in [2.24, 2.45) is 0 Å². The van der Waals surface area contributed by atoms with Crippen molar-refractivity contribution in [1.82, 2.24) is 4.98 Å². The highest BCUT2D eigenvalue weighted by molar-refractivity contribution is 7.80. The van der Waals surface area contributed by atoms with Crippen LogP contribution in [0, 0.1) is 0 Å². The molecular weight excluding hydrogens is 246 g/mol. The van der Waals surface area contributed by atoms with Crippen molar-refractivity contribution in [3.05, 3.63) is 40.9 Å². The minimum absolute atomic E-state index is 0.860. The molecule has 0 spiro atoms. The van der Waals surface area contributed by atoms with Gasteiger partial charge in [-0.05, 0) is 24.2 Å². The summed E-state index contributed by atoms with van der Waals surface area (Å²) in [6, 6.07) is 8.76. The van der Waals surface area contributed by atoms with Crippen molar-refractivity contribution in [3.8, 4) is 10.6 Å². The Hall–Kier alpha value is -0.800. The van der Waals surface area contributed by atoms with Crippen LogP contribution in [-0.2, 0) is 12.8 Å². The summed E-state index contributed by atoms with van der Waals surface area (Å²) in [4.78, 5) is 4.62. The predicted molar refractivity (Wildman–Crippen MR) is 79.1 cm³/mol. The molecule has 1 aromatic carbocycles. The molecule has 17 heavy (non-hydrogen) atoms. The van der Waals surface area contributed by atoms with Gasteiger partial charge >= 0.3 is 0 Å². The number of hydrogen-bond donors (Lipinski definition) is 1. The third-order valence-corrected chi connectivity index (χ3v) is 3.82. The molecule has 2 aromatic rings. The Labute approximate surface area is 112 Å². The molecule has 0 radical (unpaired) electrons. The van der Waals surface area contributed by atoms with E-state index in [0.29, 0.717) is 0 Å². The molecule has 1 aromatic heterocycles. The maximum absolute atomic E-state index is 4.62. The second kappa shape index (κ2) is 6.22. The van der Waals surface area contributed by atoms with Crippen molar-refractivity contribution in [3.63, 3.8) is 0 Å². The predicted octanol–water partition coefficient (Wildman–Crippen LogP) is 4.23. The molecule has 0 aliphatic carbocycles. The second-order valence-corrected chi connectivity index (χ2v) is 5.37. The van der Waals surface area contributed by atoms with Crippen molar-refractivity contribution in [1.29, 1.82) is 0 Å². The van der Waals surface area contributed by atoms with Crippen LogP contribution in [0.4, 0.5) is 0 Å². The van der Waals surface area contributed by atoms with Crippen LogP contribution < -0.4 is 0 Å². The Balaban J connectivity index is 2.15. The summed E-state index contributed by atoms with van der Waals surface area (Å²) in [7, 11) is 0. The average Bonchev–Trinajstić information content (AvgIpc) is 2.80. The van der Waals surface area contributed by atoms with Crippen molar-refractivity contribution >= 4 is 24.0 Å². The summed E-state index contributed by atoms with van der Waals surface area (Å²) >= 11 is 5.95. The Bertz CT molecular complexity index is 459. The van der Waals surface area contributed by atoms with Gasteiger partial charge in [-0.1, -0.05) is 37.6 Å². The van der Waals surface area contributed by atoms with Gasteiger partial charge in [-0.3, -0.25) is 0 Å². The fraction of sp³-hybridized carbons (Fsp3) is 0.357. The number of rotatable bonds is 5. The highest BCUT2D eigenvalue weighted by Gasteiger charge is 2.04. The van der Waals surface area contributed by atoms with Crippen LogP contribution in [-0.4, -0.2) is 10.7 Å². The van der Waals surface area contributed by atoms with Crippen LogP contribution in [0.2, 0.25) is 0 Å². The molecule has 1 heterocycles. The minimum atomic E-state index is 0.860. The van der Waals surface area contributed by atoms with E-state index in [9.17, 15) is 0 Å². The SMILES string of the molecule is CCCc1ccc(-c2nc(CCS)cs2)cc1. The van der Waals surface area contributed by atoms with Gasteiger partial charge in [0.05, 0.1) is 5.69 Å². The summed E-state index contributed by atoms with van der Waals surface area (Å²) in [5.41, 5.74) is 3.78. The first kappa shape index (κ1) is 12.7. The molecule has 0 aliphatic heterocycles. The number of nitrogens with zero attached hydrogens (tertiary/aromatic N) is 1. The summed E-state index contributed by atoms with van der Waals surface area (Å²) in [5, 5.41) is 3.25. The maximum atomic E-state index is 4.62. The van der Waals surface area contributed by atoms with Gasteiger partial charge in [0.1, 0.15) is 5.01 Å². The molecule has 0 aliphatic rings. The van der Waals surface area contributed by atoms with E-state index < -0.39 is 0 Å². The van der Waals surface area contributed by atoms with Gasteiger partial charge in [0.2, 0.25) is 0 Å². The lowest BCUT2D eigenvalue weighted by molar-refractivity contribution is 0.922. The van der Waals surface area contributed by atoms with Crippen molar-refractivity contribution in [2.75, 3.05) is 5.75 Å². The Morgan fingerprint density at radius 3 is 2.59 bits per heavy atom. The van der Waals surface area contributed by atoms with Crippen LogP contribution in [0.15, 0.2) is 29.6 Å². The van der Waals surface area contributed by atoms with Gasteiger partial charge < -0.3 is 0 Å². The molecule has 0 atom stereocenters. The fourth-order valence-electron chi connectivity index (χ4n) is 1.77. The molecule has 0 saturated heterocycles. The van der Waals surface area contributed by atoms with E-state index in [1.165, 1.54) is 17.5 Å². The zero-order valence-electron chi connectivity index (χ0n) is 10.0. The summed E-state index contributed by atoms with van der Waals surface area (Å²) < 4.78 is 0. The quantitative estimate of drug-likeness (QED) is 0.796. The first-order valence-corrected chi connectivity index (χ1v) is 7.49. The molecule has 3 heteroatoms. The lowest BCUT2D eigenvalue weighted by atomic mass is 10.1. The van der Waals surface area contributed by atoms with E-state index in [2.05, 4.69) is 54.2 Å². The van der Waals surface area contributed by atoms with Crippen LogP contribution >= 0.6 is 24.0 Å². The third kappa shape index (κ3) is 3.33. The molecule has 2 rings (SSSR count). The van der Waals surface area contributed by atoms with E-state index in [0.717, 1.165) is 29.3 Å². The van der Waals surface area contributed by atoms with Gasteiger partial charge in [-0.25, -0.2) is 4.98 Å². The smallest absolute Gasteiger partial charge is 0.123 e. The molecule has 90 valence electrons. The van der Waals surface area contributed by atoms with E-state index in [1.54, 1.807) is 11.3 Å². The van der Waals surface area contributed by atoms with Gasteiger partial charge in [0.15, 0.2) is 0 Å². The van der Waals surface area contributed by atoms with Gasteiger partial charge in [0.25, 0.3) is 0 Å². The zero-order valence-corrected chi connectivity index (χ0v) is 11.7.